The van der Waals surface area contributed by atoms with E-state index < -0.39 is 9.84 Å². The summed E-state index contributed by atoms with van der Waals surface area (Å²) in [6, 6.07) is 7.37. The van der Waals surface area contributed by atoms with Crippen LogP contribution >= 0.6 is 0 Å². The molecule has 2 rings (SSSR count). The maximum absolute atomic E-state index is 11.1. The third-order valence-electron chi connectivity index (χ3n) is 2.28. The first kappa shape index (κ1) is 11.2. The van der Waals surface area contributed by atoms with Crippen molar-refractivity contribution in [1.82, 2.24) is 0 Å². The maximum atomic E-state index is 11.1. The summed E-state index contributed by atoms with van der Waals surface area (Å²) < 4.78 is 27.7. The number of hydrogen-bond acceptors (Lipinski definition) is 4. The van der Waals surface area contributed by atoms with Gasteiger partial charge in [-0.3, -0.25) is 0 Å². The lowest BCUT2D eigenvalue weighted by atomic mass is 10.2. The van der Waals surface area contributed by atoms with E-state index in [2.05, 4.69) is 0 Å². The van der Waals surface area contributed by atoms with Gasteiger partial charge >= 0.3 is 0 Å². The lowest BCUT2D eigenvalue weighted by Crippen LogP contribution is -1.98. The minimum atomic E-state index is -3.06. The van der Waals surface area contributed by atoms with Gasteiger partial charge < -0.3 is 10.2 Å². The van der Waals surface area contributed by atoms with Gasteiger partial charge in [-0.15, -0.1) is 0 Å². The Hall–Kier alpha value is -1.33. The van der Waals surface area contributed by atoms with Crippen molar-refractivity contribution in [1.29, 1.82) is 0 Å². The van der Waals surface area contributed by atoms with Crippen molar-refractivity contribution < 1.29 is 12.8 Å². The van der Waals surface area contributed by atoms with Crippen LogP contribution in [-0.2, 0) is 22.1 Å². The normalized spacial score (nSPS) is 12.1. The SMILES string of the molecule is CS(=O)(=O)Cc1cc2ccc(CN)cc2o1. The third-order valence-corrected chi connectivity index (χ3v) is 3.08. The molecule has 86 valence electrons. The predicted molar refractivity (Wildman–Crippen MR) is 62.7 cm³/mol. The van der Waals surface area contributed by atoms with E-state index in [1.807, 2.05) is 18.2 Å². The number of nitrogens with two attached hydrogens (primary N) is 1. The number of furan rings is 1. The largest absolute Gasteiger partial charge is 0.460 e. The van der Waals surface area contributed by atoms with Crippen LogP contribution in [0.15, 0.2) is 28.7 Å². The second-order valence-corrected chi connectivity index (χ2v) is 6.00. The van der Waals surface area contributed by atoms with Gasteiger partial charge in [-0.1, -0.05) is 12.1 Å². The van der Waals surface area contributed by atoms with Gasteiger partial charge in [-0.25, -0.2) is 8.42 Å². The highest BCUT2D eigenvalue weighted by Crippen LogP contribution is 2.21. The van der Waals surface area contributed by atoms with E-state index in [1.165, 1.54) is 6.26 Å². The summed E-state index contributed by atoms with van der Waals surface area (Å²) in [5, 5.41) is 0.899. The molecular formula is C11H13NO3S. The summed E-state index contributed by atoms with van der Waals surface area (Å²) >= 11 is 0. The highest BCUT2D eigenvalue weighted by atomic mass is 32.2. The van der Waals surface area contributed by atoms with Gasteiger partial charge in [0.25, 0.3) is 0 Å². The molecule has 2 aromatic rings. The fourth-order valence-electron chi connectivity index (χ4n) is 1.59. The van der Waals surface area contributed by atoms with Crippen molar-refractivity contribution in [2.75, 3.05) is 6.26 Å². The Kier molecular flexibility index (Phi) is 2.73. The summed E-state index contributed by atoms with van der Waals surface area (Å²) in [5.74, 6) is 0.395. The van der Waals surface area contributed by atoms with Crippen LogP contribution in [0.3, 0.4) is 0 Å². The Morgan fingerprint density at radius 1 is 1.31 bits per heavy atom. The Morgan fingerprint density at radius 3 is 2.69 bits per heavy atom. The number of rotatable bonds is 3. The van der Waals surface area contributed by atoms with Gasteiger partial charge in [0.15, 0.2) is 9.84 Å². The Balaban J connectivity index is 2.44. The monoisotopic (exact) mass is 239 g/mol. The summed E-state index contributed by atoms with van der Waals surface area (Å²) in [6.07, 6.45) is 1.19. The number of hydrogen-bond donors (Lipinski definition) is 1. The van der Waals surface area contributed by atoms with Crippen LogP contribution in [0.4, 0.5) is 0 Å². The quantitative estimate of drug-likeness (QED) is 0.879. The molecule has 0 amide bonds. The molecular weight excluding hydrogens is 226 g/mol. The molecule has 1 heterocycles. The number of benzene rings is 1. The molecule has 1 aromatic heterocycles. The van der Waals surface area contributed by atoms with Crippen LogP contribution in [0.2, 0.25) is 0 Å². The first-order valence-corrected chi connectivity index (χ1v) is 6.93. The molecule has 0 spiro atoms. The van der Waals surface area contributed by atoms with E-state index in [1.54, 1.807) is 6.07 Å². The molecule has 5 heteroatoms. The molecule has 0 saturated carbocycles. The second kappa shape index (κ2) is 3.92. The highest BCUT2D eigenvalue weighted by Gasteiger charge is 2.10. The smallest absolute Gasteiger partial charge is 0.154 e. The van der Waals surface area contributed by atoms with Crippen molar-refractivity contribution in [3.8, 4) is 0 Å². The summed E-state index contributed by atoms with van der Waals surface area (Å²) in [6.45, 7) is 0.443. The van der Waals surface area contributed by atoms with Crippen LogP contribution in [0.25, 0.3) is 11.0 Å². The average Bonchev–Trinajstić information content (AvgIpc) is 2.55. The molecule has 0 aliphatic rings. The van der Waals surface area contributed by atoms with Crippen LogP contribution in [0.1, 0.15) is 11.3 Å². The maximum Gasteiger partial charge on any atom is 0.154 e. The third kappa shape index (κ3) is 2.43. The van der Waals surface area contributed by atoms with Crippen molar-refractivity contribution in [2.45, 2.75) is 12.3 Å². The molecule has 4 nitrogen and oxygen atoms in total. The molecule has 0 fully saturated rings. The minimum Gasteiger partial charge on any atom is -0.460 e. The molecule has 2 N–H and O–H groups in total. The van der Waals surface area contributed by atoms with Crippen LogP contribution in [-0.4, -0.2) is 14.7 Å². The molecule has 0 aliphatic heterocycles. The van der Waals surface area contributed by atoms with E-state index in [0.29, 0.717) is 17.9 Å². The zero-order chi connectivity index (χ0) is 11.8. The molecule has 0 unspecified atom stereocenters. The van der Waals surface area contributed by atoms with Gasteiger partial charge in [0.05, 0.1) is 0 Å². The first-order chi connectivity index (χ1) is 7.48. The lowest BCUT2D eigenvalue weighted by molar-refractivity contribution is 0.556. The zero-order valence-corrected chi connectivity index (χ0v) is 9.75. The molecule has 0 radical (unpaired) electrons. The van der Waals surface area contributed by atoms with E-state index in [0.717, 1.165) is 10.9 Å². The lowest BCUT2D eigenvalue weighted by Gasteiger charge is -1.94. The summed E-state index contributed by atoms with van der Waals surface area (Å²) in [5.41, 5.74) is 7.16. The Morgan fingerprint density at radius 2 is 2.06 bits per heavy atom. The van der Waals surface area contributed by atoms with Crippen molar-refractivity contribution in [3.63, 3.8) is 0 Å². The highest BCUT2D eigenvalue weighted by molar-refractivity contribution is 7.89. The first-order valence-electron chi connectivity index (χ1n) is 4.87. The van der Waals surface area contributed by atoms with Crippen LogP contribution in [0, 0.1) is 0 Å². The standard InChI is InChI=1S/C11H13NO3S/c1-16(13,14)7-10-5-9-3-2-8(6-12)4-11(9)15-10/h2-5H,6-7,12H2,1H3. The number of sulfone groups is 1. The topological polar surface area (TPSA) is 73.3 Å². The van der Waals surface area contributed by atoms with Gasteiger partial charge in [0, 0.05) is 18.2 Å². The molecule has 0 saturated heterocycles. The zero-order valence-electron chi connectivity index (χ0n) is 8.93. The molecule has 1 aromatic carbocycles. The molecule has 0 bridgehead atoms. The number of fused-ring (bicyclic) bond motifs is 1. The van der Waals surface area contributed by atoms with E-state index in [-0.39, 0.29) is 5.75 Å². The average molecular weight is 239 g/mol. The van der Waals surface area contributed by atoms with Gasteiger partial charge in [0.1, 0.15) is 17.1 Å². The fourth-order valence-corrected chi connectivity index (χ4v) is 2.25. The van der Waals surface area contributed by atoms with E-state index in [4.69, 9.17) is 10.2 Å². The van der Waals surface area contributed by atoms with Gasteiger partial charge in [-0.2, -0.15) is 0 Å². The fraction of sp³-hybridized carbons (Fsp3) is 0.273. The minimum absolute atomic E-state index is 0.0698. The van der Waals surface area contributed by atoms with Gasteiger partial charge in [-0.05, 0) is 17.7 Å². The van der Waals surface area contributed by atoms with Crippen LogP contribution < -0.4 is 5.73 Å². The Bertz CT molecular complexity index is 613. The summed E-state index contributed by atoms with van der Waals surface area (Å²) in [7, 11) is -3.06. The van der Waals surface area contributed by atoms with E-state index >= 15 is 0 Å². The summed E-state index contributed by atoms with van der Waals surface area (Å²) in [4.78, 5) is 0. The van der Waals surface area contributed by atoms with E-state index in [9.17, 15) is 8.42 Å². The van der Waals surface area contributed by atoms with Gasteiger partial charge in [0.2, 0.25) is 0 Å². The molecule has 0 atom stereocenters. The van der Waals surface area contributed by atoms with Crippen molar-refractivity contribution >= 4 is 20.8 Å². The Labute approximate surface area is 94.0 Å². The van der Waals surface area contributed by atoms with Crippen molar-refractivity contribution in [3.05, 3.63) is 35.6 Å². The molecule has 0 aliphatic carbocycles. The van der Waals surface area contributed by atoms with Crippen molar-refractivity contribution in [2.24, 2.45) is 5.73 Å². The second-order valence-electron chi connectivity index (χ2n) is 3.86. The predicted octanol–water partition coefficient (Wildman–Crippen LogP) is 1.44. The van der Waals surface area contributed by atoms with Crippen LogP contribution in [0.5, 0.6) is 0 Å². The molecule has 16 heavy (non-hydrogen) atoms.